The number of aliphatic hydroxyl groups is 1. The fourth-order valence-corrected chi connectivity index (χ4v) is 2.18. The zero-order valence-corrected chi connectivity index (χ0v) is 12.3. The molecule has 106 valence electrons. The van der Waals surface area contributed by atoms with E-state index < -0.39 is 5.60 Å². The van der Waals surface area contributed by atoms with Crippen LogP contribution in [0.4, 0.5) is 0 Å². The largest absolute Gasteiger partial charge is 0.507 e. The molecule has 0 saturated heterocycles. The number of allylic oxidation sites excluding steroid dienone is 1. The number of para-hydroxylation sites is 1. The molecule has 0 atom stereocenters. The van der Waals surface area contributed by atoms with Crippen LogP contribution in [-0.2, 0) is 0 Å². The summed E-state index contributed by atoms with van der Waals surface area (Å²) in [6.07, 6.45) is 6.36. The molecule has 0 saturated carbocycles. The Balaban J connectivity index is 3.15. The van der Waals surface area contributed by atoms with Gasteiger partial charge in [-0.15, -0.1) is 0 Å². The Labute approximate surface area is 116 Å². The van der Waals surface area contributed by atoms with E-state index in [0.29, 0.717) is 18.6 Å². The van der Waals surface area contributed by atoms with Crippen molar-refractivity contribution < 1.29 is 10.2 Å². The lowest BCUT2D eigenvalue weighted by molar-refractivity contribution is 0.0831. The van der Waals surface area contributed by atoms with Gasteiger partial charge in [-0.1, -0.05) is 45.4 Å². The summed E-state index contributed by atoms with van der Waals surface area (Å²) in [5.74, 6) is 0.291. The molecule has 0 radical (unpaired) electrons. The predicted octanol–water partition coefficient (Wildman–Crippen LogP) is 4.52. The molecule has 1 aromatic rings. The molecule has 0 unspecified atom stereocenters. The second-order valence-corrected chi connectivity index (χ2v) is 5.10. The first kappa shape index (κ1) is 15.8. The number of unbranched alkanes of at least 4 members (excludes halogenated alkanes) is 1. The van der Waals surface area contributed by atoms with E-state index in [1.807, 2.05) is 38.1 Å². The standard InChI is InChI=1S/C17H26O2/c1-4-7-10-14(13-17(19,5-2)6-3)15-11-8-9-12-16(15)18/h8-9,11-13,18-19H,4-7,10H2,1-3H3/b14-13-. The normalized spacial score (nSPS) is 12.7. The molecule has 1 aromatic carbocycles. The SMILES string of the molecule is CCCC/C(=C/C(O)(CC)CC)c1ccccc1O. The van der Waals surface area contributed by atoms with Crippen molar-refractivity contribution in [2.24, 2.45) is 0 Å². The average molecular weight is 262 g/mol. The lowest BCUT2D eigenvalue weighted by Crippen LogP contribution is -2.23. The topological polar surface area (TPSA) is 40.5 Å². The van der Waals surface area contributed by atoms with Gasteiger partial charge in [-0.05, 0) is 43.4 Å². The van der Waals surface area contributed by atoms with Gasteiger partial charge in [-0.2, -0.15) is 0 Å². The second kappa shape index (κ2) is 7.34. The van der Waals surface area contributed by atoms with E-state index in [9.17, 15) is 10.2 Å². The number of aromatic hydroxyl groups is 1. The van der Waals surface area contributed by atoms with Crippen molar-refractivity contribution in [3.8, 4) is 5.75 Å². The number of hydrogen-bond donors (Lipinski definition) is 2. The van der Waals surface area contributed by atoms with Gasteiger partial charge >= 0.3 is 0 Å². The highest BCUT2D eigenvalue weighted by Crippen LogP contribution is 2.32. The van der Waals surface area contributed by atoms with E-state index in [2.05, 4.69) is 6.92 Å². The molecule has 0 fully saturated rings. The minimum Gasteiger partial charge on any atom is -0.507 e. The maximum atomic E-state index is 10.5. The molecular formula is C17H26O2. The number of rotatable bonds is 7. The maximum Gasteiger partial charge on any atom is 0.123 e. The van der Waals surface area contributed by atoms with Gasteiger partial charge < -0.3 is 10.2 Å². The molecule has 0 aliphatic heterocycles. The molecule has 1 rings (SSSR count). The molecular weight excluding hydrogens is 236 g/mol. The van der Waals surface area contributed by atoms with Crippen molar-refractivity contribution in [2.75, 3.05) is 0 Å². The van der Waals surface area contributed by atoms with Gasteiger partial charge in [0.1, 0.15) is 5.75 Å². The lowest BCUT2D eigenvalue weighted by Gasteiger charge is -2.23. The molecule has 0 heterocycles. The highest BCUT2D eigenvalue weighted by molar-refractivity contribution is 5.71. The third-order valence-electron chi connectivity index (χ3n) is 3.72. The van der Waals surface area contributed by atoms with Crippen LogP contribution in [0, 0.1) is 0 Å². The van der Waals surface area contributed by atoms with Gasteiger partial charge in [-0.25, -0.2) is 0 Å². The van der Waals surface area contributed by atoms with Crippen LogP contribution in [0.2, 0.25) is 0 Å². The molecule has 2 nitrogen and oxygen atoms in total. The van der Waals surface area contributed by atoms with Crippen molar-refractivity contribution >= 4 is 5.57 Å². The van der Waals surface area contributed by atoms with Gasteiger partial charge in [-0.3, -0.25) is 0 Å². The third-order valence-corrected chi connectivity index (χ3v) is 3.72. The molecule has 0 amide bonds. The maximum absolute atomic E-state index is 10.5. The Morgan fingerprint density at radius 1 is 1.16 bits per heavy atom. The van der Waals surface area contributed by atoms with E-state index >= 15 is 0 Å². The molecule has 0 aliphatic rings. The van der Waals surface area contributed by atoms with Crippen molar-refractivity contribution in [3.05, 3.63) is 35.9 Å². The van der Waals surface area contributed by atoms with Crippen molar-refractivity contribution in [1.29, 1.82) is 0 Å². The summed E-state index contributed by atoms with van der Waals surface area (Å²) in [6.45, 7) is 6.12. The first-order valence-electron chi connectivity index (χ1n) is 7.28. The first-order valence-corrected chi connectivity index (χ1v) is 7.28. The molecule has 0 bridgehead atoms. The molecule has 2 heteroatoms. The minimum absolute atomic E-state index is 0.291. The van der Waals surface area contributed by atoms with E-state index in [1.165, 1.54) is 0 Å². The van der Waals surface area contributed by atoms with Gasteiger partial charge in [0.25, 0.3) is 0 Å². The fraction of sp³-hybridized carbons (Fsp3) is 0.529. The number of phenols is 1. The summed E-state index contributed by atoms with van der Waals surface area (Å²) in [5, 5.41) is 20.5. The van der Waals surface area contributed by atoms with Crippen LogP contribution in [0.15, 0.2) is 30.3 Å². The Morgan fingerprint density at radius 2 is 1.79 bits per heavy atom. The van der Waals surface area contributed by atoms with Crippen LogP contribution in [0.1, 0.15) is 58.4 Å². The summed E-state index contributed by atoms with van der Waals surface area (Å²) in [6, 6.07) is 7.36. The van der Waals surface area contributed by atoms with Gasteiger partial charge in [0.15, 0.2) is 0 Å². The molecule has 0 aromatic heterocycles. The van der Waals surface area contributed by atoms with Crippen LogP contribution in [-0.4, -0.2) is 15.8 Å². The monoisotopic (exact) mass is 262 g/mol. The quantitative estimate of drug-likeness (QED) is 0.758. The number of phenolic OH excluding ortho intramolecular Hbond substituents is 1. The molecule has 0 spiro atoms. The summed E-state index contributed by atoms with van der Waals surface area (Å²) < 4.78 is 0. The predicted molar refractivity (Wildman–Crippen MR) is 81.1 cm³/mol. The Bertz CT molecular complexity index is 417. The van der Waals surface area contributed by atoms with E-state index in [0.717, 1.165) is 30.4 Å². The number of hydrogen-bond acceptors (Lipinski definition) is 2. The summed E-state index contributed by atoms with van der Waals surface area (Å²) >= 11 is 0. The average Bonchev–Trinajstić information content (AvgIpc) is 2.44. The Hall–Kier alpha value is -1.28. The molecule has 2 N–H and O–H groups in total. The summed E-state index contributed by atoms with van der Waals surface area (Å²) in [5.41, 5.74) is 1.12. The fourth-order valence-electron chi connectivity index (χ4n) is 2.18. The zero-order valence-electron chi connectivity index (χ0n) is 12.3. The Kier molecular flexibility index (Phi) is 6.10. The van der Waals surface area contributed by atoms with Crippen LogP contribution < -0.4 is 0 Å². The molecule has 19 heavy (non-hydrogen) atoms. The second-order valence-electron chi connectivity index (χ2n) is 5.10. The highest BCUT2D eigenvalue weighted by atomic mass is 16.3. The van der Waals surface area contributed by atoms with Gasteiger partial charge in [0, 0.05) is 5.56 Å². The minimum atomic E-state index is -0.772. The third kappa shape index (κ3) is 4.39. The van der Waals surface area contributed by atoms with Crippen LogP contribution in [0.25, 0.3) is 5.57 Å². The van der Waals surface area contributed by atoms with E-state index in [1.54, 1.807) is 6.07 Å². The highest BCUT2D eigenvalue weighted by Gasteiger charge is 2.21. The van der Waals surface area contributed by atoms with Gasteiger partial charge in [0.2, 0.25) is 0 Å². The van der Waals surface area contributed by atoms with Crippen molar-refractivity contribution in [1.82, 2.24) is 0 Å². The van der Waals surface area contributed by atoms with Crippen molar-refractivity contribution in [3.63, 3.8) is 0 Å². The summed E-state index contributed by atoms with van der Waals surface area (Å²) in [7, 11) is 0. The van der Waals surface area contributed by atoms with E-state index in [4.69, 9.17) is 0 Å². The summed E-state index contributed by atoms with van der Waals surface area (Å²) in [4.78, 5) is 0. The zero-order chi connectivity index (χ0) is 14.3. The molecule has 0 aliphatic carbocycles. The first-order chi connectivity index (χ1) is 9.06. The van der Waals surface area contributed by atoms with Crippen LogP contribution in [0.3, 0.4) is 0 Å². The van der Waals surface area contributed by atoms with Gasteiger partial charge in [0.05, 0.1) is 5.60 Å². The van der Waals surface area contributed by atoms with Crippen molar-refractivity contribution in [2.45, 2.75) is 58.5 Å². The Morgan fingerprint density at radius 3 is 2.32 bits per heavy atom. The van der Waals surface area contributed by atoms with Crippen LogP contribution >= 0.6 is 0 Å². The van der Waals surface area contributed by atoms with Crippen LogP contribution in [0.5, 0.6) is 5.75 Å². The smallest absolute Gasteiger partial charge is 0.123 e. The lowest BCUT2D eigenvalue weighted by atomic mass is 9.89. The van der Waals surface area contributed by atoms with E-state index in [-0.39, 0.29) is 0 Å². The number of benzene rings is 1.